The van der Waals surface area contributed by atoms with Gasteiger partial charge in [0.2, 0.25) is 0 Å². The fraction of sp³-hybridized carbons (Fsp3) is 0.0690. The fourth-order valence-corrected chi connectivity index (χ4v) is 4.83. The predicted molar refractivity (Wildman–Crippen MR) is 125 cm³/mol. The van der Waals surface area contributed by atoms with E-state index in [1.54, 1.807) is 0 Å². The molecule has 0 atom stereocenters. The molecule has 0 aromatic heterocycles. The zero-order valence-corrected chi connectivity index (χ0v) is 16.9. The van der Waals surface area contributed by atoms with Crippen LogP contribution in [0.4, 0.5) is 0 Å². The summed E-state index contributed by atoms with van der Waals surface area (Å²) in [5.74, 6) is 1.79. The molecule has 2 heteroatoms. The van der Waals surface area contributed by atoms with Gasteiger partial charge < -0.3 is 4.74 Å². The van der Waals surface area contributed by atoms with Crippen LogP contribution in [0, 0.1) is 0 Å². The van der Waals surface area contributed by atoms with Gasteiger partial charge >= 0.3 is 0 Å². The number of Topliss-reactive ketones (excluding diaryl/α,β-unsaturated/α-hetero) is 1. The van der Waals surface area contributed by atoms with E-state index >= 15 is 0 Å². The Morgan fingerprint density at radius 2 is 1.13 bits per heavy atom. The Morgan fingerprint density at radius 3 is 1.71 bits per heavy atom. The first-order chi connectivity index (χ1) is 15.3. The van der Waals surface area contributed by atoms with Gasteiger partial charge in [-0.3, -0.25) is 4.79 Å². The summed E-state index contributed by atoms with van der Waals surface area (Å²) >= 11 is 0. The van der Waals surface area contributed by atoms with Gasteiger partial charge in [0.05, 0.1) is 0 Å². The molecule has 0 amide bonds. The maximum Gasteiger partial charge on any atom is 0.165 e. The van der Waals surface area contributed by atoms with Crippen molar-refractivity contribution >= 4 is 27.3 Å². The first kappa shape index (κ1) is 17.9. The molecule has 0 bridgehead atoms. The van der Waals surface area contributed by atoms with Gasteiger partial charge in [-0.2, -0.15) is 0 Å². The lowest BCUT2D eigenvalue weighted by Crippen LogP contribution is -2.15. The second-order valence-corrected chi connectivity index (χ2v) is 8.05. The summed E-state index contributed by atoms with van der Waals surface area (Å²) in [4.78, 5) is 13.9. The average molecular weight is 400 g/mol. The lowest BCUT2D eigenvalue weighted by Gasteiger charge is -2.28. The van der Waals surface area contributed by atoms with Crippen LogP contribution in [-0.2, 0) is 0 Å². The SMILES string of the molecule is O=C(CC1c2ccccc2Oc2ccccc21)c1c2ccccc2cc2ccccc12. The van der Waals surface area contributed by atoms with Crippen LogP contribution >= 0.6 is 0 Å². The molecular formula is C29H20O2. The number of ketones is 1. The molecule has 1 aliphatic heterocycles. The molecule has 0 N–H and O–H groups in total. The van der Waals surface area contributed by atoms with Gasteiger partial charge in [0, 0.05) is 29.0 Å². The smallest absolute Gasteiger partial charge is 0.165 e. The molecule has 0 aliphatic carbocycles. The molecule has 6 rings (SSSR count). The number of ether oxygens (including phenoxy) is 1. The third kappa shape index (κ3) is 2.91. The standard InChI is InChI=1S/C29H20O2/c30-26(29-21-11-3-1-9-19(21)17-20-10-2-4-12-22(20)29)18-25-23-13-5-7-15-27(23)31-28-16-8-6-14-24(25)28/h1-17,25H,18H2. The van der Waals surface area contributed by atoms with E-state index < -0.39 is 0 Å². The Morgan fingerprint density at radius 1 is 0.645 bits per heavy atom. The predicted octanol–water partition coefficient (Wildman–Crippen LogP) is 7.50. The summed E-state index contributed by atoms with van der Waals surface area (Å²) in [7, 11) is 0. The highest BCUT2D eigenvalue weighted by molar-refractivity contribution is 6.19. The van der Waals surface area contributed by atoms with Crippen molar-refractivity contribution in [3.05, 3.63) is 120 Å². The van der Waals surface area contributed by atoms with Gasteiger partial charge in [0.25, 0.3) is 0 Å². The Hall–Kier alpha value is -3.91. The molecule has 0 spiro atoms. The number of rotatable bonds is 3. The van der Waals surface area contributed by atoms with Gasteiger partial charge in [-0.05, 0) is 39.7 Å². The molecule has 31 heavy (non-hydrogen) atoms. The molecule has 0 saturated heterocycles. The Kier molecular flexibility index (Phi) is 4.10. The van der Waals surface area contributed by atoms with Crippen molar-refractivity contribution in [3.63, 3.8) is 0 Å². The van der Waals surface area contributed by atoms with Crippen molar-refractivity contribution in [2.45, 2.75) is 12.3 Å². The Balaban J connectivity index is 1.52. The summed E-state index contributed by atoms with van der Waals surface area (Å²) in [6.07, 6.45) is 0.398. The van der Waals surface area contributed by atoms with Crippen LogP contribution in [-0.4, -0.2) is 5.78 Å². The third-order valence-corrected chi connectivity index (χ3v) is 6.25. The van der Waals surface area contributed by atoms with Crippen LogP contribution in [0.1, 0.15) is 33.8 Å². The zero-order chi connectivity index (χ0) is 20.8. The minimum atomic E-state index is -0.0358. The number of carbonyl (C=O) groups excluding carboxylic acids is 1. The van der Waals surface area contributed by atoms with Crippen molar-refractivity contribution in [2.24, 2.45) is 0 Å². The molecule has 1 aliphatic rings. The molecule has 0 unspecified atom stereocenters. The Bertz CT molecular complexity index is 1370. The van der Waals surface area contributed by atoms with Gasteiger partial charge in [-0.15, -0.1) is 0 Å². The summed E-state index contributed by atoms with van der Waals surface area (Å²) in [5.41, 5.74) is 2.95. The first-order valence-electron chi connectivity index (χ1n) is 10.6. The molecule has 0 saturated carbocycles. The summed E-state index contributed by atoms with van der Waals surface area (Å²) in [5, 5.41) is 4.22. The van der Waals surface area contributed by atoms with Crippen molar-refractivity contribution in [1.82, 2.24) is 0 Å². The van der Waals surface area contributed by atoms with Gasteiger partial charge in [0.1, 0.15) is 11.5 Å². The number of benzene rings is 5. The van der Waals surface area contributed by atoms with Crippen LogP contribution in [0.25, 0.3) is 21.5 Å². The van der Waals surface area contributed by atoms with Crippen molar-refractivity contribution in [2.75, 3.05) is 0 Å². The van der Waals surface area contributed by atoms with E-state index in [2.05, 4.69) is 42.5 Å². The highest BCUT2D eigenvalue weighted by Gasteiger charge is 2.29. The molecule has 0 radical (unpaired) electrons. The molecule has 5 aromatic rings. The molecule has 1 heterocycles. The highest BCUT2D eigenvalue weighted by Crippen LogP contribution is 2.46. The number of hydrogen-bond donors (Lipinski definition) is 0. The van der Waals surface area contributed by atoms with Crippen molar-refractivity contribution in [1.29, 1.82) is 0 Å². The maximum atomic E-state index is 13.9. The number of carbonyl (C=O) groups is 1. The topological polar surface area (TPSA) is 26.3 Å². The van der Waals surface area contributed by atoms with Crippen molar-refractivity contribution < 1.29 is 9.53 Å². The first-order valence-corrected chi connectivity index (χ1v) is 10.6. The second-order valence-electron chi connectivity index (χ2n) is 8.05. The summed E-state index contributed by atoms with van der Waals surface area (Å²) in [6, 6.07) is 34.6. The number of fused-ring (bicyclic) bond motifs is 4. The lowest BCUT2D eigenvalue weighted by atomic mass is 9.82. The van der Waals surface area contributed by atoms with Crippen LogP contribution < -0.4 is 4.74 Å². The van der Waals surface area contributed by atoms with E-state index in [1.807, 2.05) is 60.7 Å². The fourth-order valence-electron chi connectivity index (χ4n) is 4.83. The monoisotopic (exact) mass is 400 g/mol. The summed E-state index contributed by atoms with van der Waals surface area (Å²) < 4.78 is 6.12. The average Bonchev–Trinajstić information content (AvgIpc) is 2.82. The second kappa shape index (κ2) is 7.10. The van der Waals surface area contributed by atoms with Crippen molar-refractivity contribution in [3.8, 4) is 11.5 Å². The molecule has 5 aromatic carbocycles. The van der Waals surface area contributed by atoms with Gasteiger partial charge in [-0.1, -0.05) is 84.9 Å². The molecular weight excluding hydrogens is 380 g/mol. The van der Waals surface area contributed by atoms with E-state index in [9.17, 15) is 4.79 Å². The highest BCUT2D eigenvalue weighted by atomic mass is 16.5. The number of hydrogen-bond acceptors (Lipinski definition) is 2. The molecule has 0 fully saturated rings. The lowest BCUT2D eigenvalue weighted by molar-refractivity contribution is 0.0980. The largest absolute Gasteiger partial charge is 0.457 e. The molecule has 2 nitrogen and oxygen atoms in total. The maximum absolute atomic E-state index is 13.9. The van der Waals surface area contributed by atoms with E-state index in [0.29, 0.717) is 6.42 Å². The van der Waals surface area contributed by atoms with E-state index in [1.165, 1.54) is 0 Å². The van der Waals surface area contributed by atoms with Gasteiger partial charge in [-0.25, -0.2) is 0 Å². The minimum Gasteiger partial charge on any atom is -0.457 e. The summed E-state index contributed by atoms with van der Waals surface area (Å²) in [6.45, 7) is 0. The molecule has 148 valence electrons. The van der Waals surface area contributed by atoms with Crippen LogP contribution in [0.3, 0.4) is 0 Å². The van der Waals surface area contributed by atoms with E-state index in [4.69, 9.17) is 4.74 Å². The minimum absolute atomic E-state index is 0.0358. The number of para-hydroxylation sites is 2. The van der Waals surface area contributed by atoms with Crippen LogP contribution in [0.2, 0.25) is 0 Å². The Labute approximate surface area is 180 Å². The van der Waals surface area contributed by atoms with Crippen LogP contribution in [0.5, 0.6) is 11.5 Å². The van der Waals surface area contributed by atoms with E-state index in [-0.39, 0.29) is 11.7 Å². The third-order valence-electron chi connectivity index (χ3n) is 6.25. The zero-order valence-electron chi connectivity index (χ0n) is 16.9. The van der Waals surface area contributed by atoms with Gasteiger partial charge in [0.15, 0.2) is 5.78 Å². The quantitative estimate of drug-likeness (QED) is 0.231. The normalized spacial score (nSPS) is 12.9. The van der Waals surface area contributed by atoms with E-state index in [0.717, 1.165) is 49.7 Å². The van der Waals surface area contributed by atoms with Crippen LogP contribution in [0.15, 0.2) is 103 Å².